The lowest BCUT2D eigenvalue weighted by molar-refractivity contribution is -0.113. The van der Waals surface area contributed by atoms with Gasteiger partial charge >= 0.3 is 0 Å². The molecule has 1 N–H and O–H groups in total. The Kier molecular flexibility index (Phi) is 4.03. The van der Waals surface area contributed by atoms with Crippen LogP contribution in [0.15, 0.2) is 23.8 Å². The van der Waals surface area contributed by atoms with E-state index in [0.717, 1.165) is 56.7 Å². The summed E-state index contributed by atoms with van der Waals surface area (Å²) in [6.45, 7) is 13.6. The van der Waals surface area contributed by atoms with E-state index >= 15 is 0 Å². The minimum absolute atomic E-state index is 0.0871. The fraction of sp³-hybridized carbons (Fsp3) is 0.667. The van der Waals surface area contributed by atoms with E-state index in [2.05, 4.69) is 36.7 Å². The molecule has 1 aliphatic heterocycles. The zero-order valence-electron chi connectivity index (χ0n) is 11.6. The Bertz CT molecular complexity index is 376. The normalized spacial score (nSPS) is 25.1. The molecule has 1 fully saturated rings. The highest BCUT2D eigenvalue weighted by molar-refractivity contribution is 6.08. The van der Waals surface area contributed by atoms with Crippen LogP contribution < -0.4 is 5.32 Å². The molecule has 2 aliphatic rings. The third-order valence-corrected chi connectivity index (χ3v) is 3.75. The number of rotatable bonds is 3. The SMILES string of the molecule is C=C1CC(C)(C)C=C(CCN2CCNCC2)C1=O. The van der Waals surface area contributed by atoms with Gasteiger partial charge in [-0.1, -0.05) is 26.5 Å². The maximum absolute atomic E-state index is 12.1. The molecule has 0 aromatic heterocycles. The summed E-state index contributed by atoms with van der Waals surface area (Å²) in [5, 5.41) is 3.34. The molecule has 0 spiro atoms. The van der Waals surface area contributed by atoms with E-state index in [0.29, 0.717) is 0 Å². The lowest BCUT2D eigenvalue weighted by Crippen LogP contribution is -2.44. The summed E-state index contributed by atoms with van der Waals surface area (Å²) in [6, 6.07) is 0. The highest BCUT2D eigenvalue weighted by Crippen LogP contribution is 2.34. The van der Waals surface area contributed by atoms with Gasteiger partial charge in [0.05, 0.1) is 0 Å². The average Bonchev–Trinajstić information content (AvgIpc) is 2.33. The summed E-state index contributed by atoms with van der Waals surface area (Å²) in [6.07, 6.45) is 3.82. The molecule has 0 radical (unpaired) electrons. The second kappa shape index (κ2) is 5.37. The van der Waals surface area contributed by atoms with Crippen LogP contribution in [0.2, 0.25) is 0 Å². The van der Waals surface area contributed by atoms with Crippen molar-refractivity contribution in [2.75, 3.05) is 32.7 Å². The zero-order chi connectivity index (χ0) is 13.2. The van der Waals surface area contributed by atoms with Crippen LogP contribution in [0.3, 0.4) is 0 Å². The standard InChI is InChI=1S/C15H24N2O/c1-12-10-15(2,3)11-13(14(12)18)4-7-17-8-5-16-6-9-17/h11,16H,1,4-10H2,2-3H3. The van der Waals surface area contributed by atoms with Crippen molar-refractivity contribution in [3.05, 3.63) is 23.8 Å². The first-order valence-corrected chi connectivity index (χ1v) is 6.85. The van der Waals surface area contributed by atoms with Gasteiger partial charge in [0.25, 0.3) is 0 Å². The van der Waals surface area contributed by atoms with Crippen LogP contribution in [0.25, 0.3) is 0 Å². The van der Waals surface area contributed by atoms with Crippen molar-refractivity contribution < 1.29 is 4.79 Å². The molecule has 1 heterocycles. The molecule has 0 atom stereocenters. The third kappa shape index (κ3) is 3.30. The lowest BCUT2D eigenvalue weighted by atomic mass is 9.76. The summed E-state index contributed by atoms with van der Waals surface area (Å²) < 4.78 is 0. The third-order valence-electron chi connectivity index (χ3n) is 3.75. The number of hydrogen-bond donors (Lipinski definition) is 1. The van der Waals surface area contributed by atoms with E-state index in [9.17, 15) is 4.79 Å². The van der Waals surface area contributed by atoms with Crippen LogP contribution in [-0.4, -0.2) is 43.4 Å². The molecule has 1 aliphatic carbocycles. The first-order valence-electron chi connectivity index (χ1n) is 6.85. The summed E-state index contributed by atoms with van der Waals surface area (Å²) in [4.78, 5) is 14.5. The quantitative estimate of drug-likeness (QED) is 0.773. The Hall–Kier alpha value is -0.930. The number of piperazine rings is 1. The van der Waals surface area contributed by atoms with Crippen molar-refractivity contribution in [1.29, 1.82) is 0 Å². The van der Waals surface area contributed by atoms with Crippen LogP contribution in [-0.2, 0) is 4.79 Å². The van der Waals surface area contributed by atoms with Crippen molar-refractivity contribution in [3.63, 3.8) is 0 Å². The van der Waals surface area contributed by atoms with E-state index in [-0.39, 0.29) is 11.2 Å². The number of carbonyl (C=O) groups excluding carboxylic acids is 1. The molecule has 0 amide bonds. The van der Waals surface area contributed by atoms with Gasteiger partial charge in [-0.05, 0) is 29.4 Å². The molecule has 0 aromatic rings. The minimum atomic E-state index is 0.0871. The van der Waals surface area contributed by atoms with Crippen LogP contribution in [0, 0.1) is 5.41 Å². The van der Waals surface area contributed by atoms with Gasteiger partial charge < -0.3 is 10.2 Å². The monoisotopic (exact) mass is 248 g/mol. The van der Waals surface area contributed by atoms with Gasteiger partial charge in [-0.15, -0.1) is 0 Å². The molecule has 3 heteroatoms. The Labute approximate surface area is 110 Å². The molecular weight excluding hydrogens is 224 g/mol. The van der Waals surface area contributed by atoms with Gasteiger partial charge in [-0.3, -0.25) is 4.79 Å². The lowest BCUT2D eigenvalue weighted by Gasteiger charge is -2.31. The van der Waals surface area contributed by atoms with E-state index in [1.54, 1.807) is 0 Å². The van der Waals surface area contributed by atoms with Crippen molar-refractivity contribution >= 4 is 5.78 Å². The molecule has 2 rings (SSSR count). The fourth-order valence-electron chi connectivity index (χ4n) is 2.84. The molecule has 1 saturated heterocycles. The van der Waals surface area contributed by atoms with Crippen LogP contribution in [0.5, 0.6) is 0 Å². The highest BCUT2D eigenvalue weighted by Gasteiger charge is 2.28. The van der Waals surface area contributed by atoms with E-state index in [1.165, 1.54) is 0 Å². The van der Waals surface area contributed by atoms with E-state index < -0.39 is 0 Å². The first kappa shape index (κ1) is 13.5. The number of hydrogen-bond acceptors (Lipinski definition) is 3. The first-order chi connectivity index (χ1) is 8.48. The van der Waals surface area contributed by atoms with Crippen molar-refractivity contribution in [2.45, 2.75) is 26.7 Å². The van der Waals surface area contributed by atoms with Gasteiger partial charge in [0.15, 0.2) is 5.78 Å². The predicted molar refractivity (Wildman–Crippen MR) is 74.6 cm³/mol. The smallest absolute Gasteiger partial charge is 0.184 e. The number of ketones is 1. The number of carbonyl (C=O) groups is 1. The highest BCUT2D eigenvalue weighted by atomic mass is 16.1. The summed E-state index contributed by atoms with van der Waals surface area (Å²) in [7, 11) is 0. The number of nitrogens with zero attached hydrogens (tertiary/aromatic N) is 1. The largest absolute Gasteiger partial charge is 0.314 e. The summed E-state index contributed by atoms with van der Waals surface area (Å²) >= 11 is 0. The summed E-state index contributed by atoms with van der Waals surface area (Å²) in [5.41, 5.74) is 1.83. The van der Waals surface area contributed by atoms with E-state index in [4.69, 9.17) is 0 Å². The van der Waals surface area contributed by atoms with Gasteiger partial charge in [-0.25, -0.2) is 0 Å². The molecular formula is C15H24N2O. The zero-order valence-corrected chi connectivity index (χ0v) is 11.6. The van der Waals surface area contributed by atoms with Crippen LogP contribution >= 0.6 is 0 Å². The van der Waals surface area contributed by atoms with Gasteiger partial charge in [0.2, 0.25) is 0 Å². The Morgan fingerprint density at radius 1 is 1.39 bits per heavy atom. The second-order valence-corrected chi connectivity index (χ2v) is 6.11. The second-order valence-electron chi connectivity index (χ2n) is 6.11. The molecule has 0 bridgehead atoms. The van der Waals surface area contributed by atoms with Crippen molar-refractivity contribution in [3.8, 4) is 0 Å². The summed E-state index contributed by atoms with van der Waals surface area (Å²) in [5.74, 6) is 0.185. The van der Waals surface area contributed by atoms with Crippen LogP contribution in [0.4, 0.5) is 0 Å². The van der Waals surface area contributed by atoms with E-state index in [1.807, 2.05) is 0 Å². The fourth-order valence-corrected chi connectivity index (χ4v) is 2.84. The Morgan fingerprint density at radius 2 is 2.06 bits per heavy atom. The maximum Gasteiger partial charge on any atom is 0.184 e. The molecule has 0 aromatic carbocycles. The molecule has 3 nitrogen and oxygen atoms in total. The van der Waals surface area contributed by atoms with Gasteiger partial charge in [0.1, 0.15) is 0 Å². The van der Waals surface area contributed by atoms with Crippen molar-refractivity contribution in [2.24, 2.45) is 5.41 Å². The molecule has 0 saturated carbocycles. The number of Topliss-reactive ketones (excluding diaryl/α,β-unsaturated/α-hetero) is 1. The predicted octanol–water partition coefficient (Wildman–Crippen LogP) is 1.76. The van der Waals surface area contributed by atoms with Crippen LogP contribution in [0.1, 0.15) is 26.7 Å². The van der Waals surface area contributed by atoms with Crippen molar-refractivity contribution in [1.82, 2.24) is 10.2 Å². The minimum Gasteiger partial charge on any atom is -0.314 e. The number of nitrogens with one attached hydrogen (secondary N) is 1. The molecule has 100 valence electrons. The number of allylic oxidation sites excluding steroid dienone is 2. The van der Waals surface area contributed by atoms with Gasteiger partial charge in [-0.2, -0.15) is 0 Å². The molecule has 0 unspecified atom stereocenters. The average molecular weight is 248 g/mol. The van der Waals surface area contributed by atoms with Gasteiger partial charge in [0, 0.05) is 32.7 Å². The molecule has 18 heavy (non-hydrogen) atoms. The Balaban J connectivity index is 1.96. The maximum atomic E-state index is 12.1. The Morgan fingerprint density at radius 3 is 2.72 bits per heavy atom. The topological polar surface area (TPSA) is 32.3 Å².